The number of hydrogen-bond donors (Lipinski definition) is 1. The summed E-state index contributed by atoms with van der Waals surface area (Å²) in [4.78, 5) is 4.21. The molecular weight excluding hydrogens is 176 g/mol. The molecule has 1 aromatic heterocycles. The molecule has 2 rings (SSSR count). The van der Waals surface area contributed by atoms with Crippen LogP contribution in [0.4, 0.5) is 0 Å². The average molecular weight is 192 g/mol. The van der Waals surface area contributed by atoms with Gasteiger partial charge in [0.1, 0.15) is 6.10 Å². The van der Waals surface area contributed by atoms with Crippen LogP contribution in [-0.4, -0.2) is 11.1 Å². The molecular formula is C11H16N2O. The third kappa shape index (κ3) is 2.23. The lowest BCUT2D eigenvalue weighted by molar-refractivity contribution is 0.201. The van der Waals surface area contributed by atoms with E-state index in [0.29, 0.717) is 12.6 Å². The summed E-state index contributed by atoms with van der Waals surface area (Å²) in [5.74, 6) is 0.731. The Labute approximate surface area is 84.3 Å². The lowest BCUT2D eigenvalue weighted by Crippen LogP contribution is -2.11. The highest BCUT2D eigenvalue weighted by atomic mass is 16.5. The van der Waals surface area contributed by atoms with Crippen molar-refractivity contribution in [2.45, 2.75) is 38.3 Å². The molecule has 0 aromatic carbocycles. The van der Waals surface area contributed by atoms with Gasteiger partial charge in [-0.3, -0.25) is 0 Å². The van der Waals surface area contributed by atoms with Crippen molar-refractivity contribution >= 4 is 0 Å². The monoisotopic (exact) mass is 192 g/mol. The van der Waals surface area contributed by atoms with Crippen molar-refractivity contribution in [1.29, 1.82) is 0 Å². The maximum Gasteiger partial charge on any atom is 0.213 e. The summed E-state index contributed by atoms with van der Waals surface area (Å²) in [5.41, 5.74) is 6.53. The summed E-state index contributed by atoms with van der Waals surface area (Å²) in [5, 5.41) is 0. The Kier molecular flexibility index (Phi) is 2.99. The molecule has 3 heteroatoms. The Hall–Kier alpha value is -1.09. The second-order valence-electron chi connectivity index (χ2n) is 3.73. The van der Waals surface area contributed by atoms with E-state index in [2.05, 4.69) is 4.98 Å². The fourth-order valence-electron chi connectivity index (χ4n) is 1.78. The summed E-state index contributed by atoms with van der Waals surface area (Å²) in [6.07, 6.45) is 7.06. The van der Waals surface area contributed by atoms with Crippen LogP contribution in [0.25, 0.3) is 0 Å². The Morgan fingerprint density at radius 1 is 1.36 bits per heavy atom. The Morgan fingerprint density at radius 3 is 2.71 bits per heavy atom. The first kappa shape index (κ1) is 9.46. The molecule has 0 bridgehead atoms. The molecule has 1 saturated carbocycles. The molecule has 0 unspecified atom stereocenters. The number of nitrogens with zero attached hydrogens (tertiary/aromatic N) is 1. The number of ether oxygens (including phenoxy) is 1. The molecule has 1 aliphatic rings. The quantitative estimate of drug-likeness (QED) is 0.795. The van der Waals surface area contributed by atoms with Gasteiger partial charge in [0, 0.05) is 18.8 Å². The third-order valence-electron chi connectivity index (χ3n) is 2.62. The van der Waals surface area contributed by atoms with Gasteiger partial charge in [-0.05, 0) is 31.2 Å². The van der Waals surface area contributed by atoms with E-state index in [1.807, 2.05) is 12.1 Å². The topological polar surface area (TPSA) is 48.1 Å². The molecule has 76 valence electrons. The molecule has 1 fully saturated rings. The predicted octanol–water partition coefficient (Wildman–Crippen LogP) is 1.86. The van der Waals surface area contributed by atoms with E-state index in [9.17, 15) is 0 Å². The lowest BCUT2D eigenvalue weighted by Gasteiger charge is -2.11. The maximum atomic E-state index is 5.72. The van der Waals surface area contributed by atoms with Crippen molar-refractivity contribution in [2.24, 2.45) is 5.73 Å². The van der Waals surface area contributed by atoms with Gasteiger partial charge < -0.3 is 10.5 Å². The van der Waals surface area contributed by atoms with Gasteiger partial charge in [-0.25, -0.2) is 4.98 Å². The molecule has 0 amide bonds. The van der Waals surface area contributed by atoms with E-state index < -0.39 is 0 Å². The lowest BCUT2D eigenvalue weighted by atomic mass is 10.3. The molecule has 1 aromatic rings. The number of nitrogens with two attached hydrogens (primary N) is 1. The number of pyridine rings is 1. The second-order valence-corrected chi connectivity index (χ2v) is 3.73. The van der Waals surface area contributed by atoms with Gasteiger partial charge in [0.05, 0.1) is 0 Å². The van der Waals surface area contributed by atoms with Crippen molar-refractivity contribution < 1.29 is 4.74 Å². The van der Waals surface area contributed by atoms with Crippen molar-refractivity contribution in [3.63, 3.8) is 0 Å². The van der Waals surface area contributed by atoms with Gasteiger partial charge in [0.25, 0.3) is 0 Å². The molecule has 2 N–H and O–H groups in total. The molecule has 14 heavy (non-hydrogen) atoms. The first-order chi connectivity index (χ1) is 6.88. The van der Waals surface area contributed by atoms with Crippen LogP contribution >= 0.6 is 0 Å². The molecule has 0 radical (unpaired) electrons. The normalized spacial score (nSPS) is 17.2. The van der Waals surface area contributed by atoms with Crippen LogP contribution in [0, 0.1) is 0 Å². The van der Waals surface area contributed by atoms with Crippen LogP contribution in [0.3, 0.4) is 0 Å². The highest BCUT2D eigenvalue weighted by molar-refractivity contribution is 5.17. The van der Waals surface area contributed by atoms with Crippen LogP contribution in [0.15, 0.2) is 18.3 Å². The Balaban J connectivity index is 1.95. The standard InChI is InChI=1S/C11H16N2O/c12-7-9-5-6-11(13-8-9)14-10-3-1-2-4-10/h5-6,8,10H,1-4,7,12H2. The van der Waals surface area contributed by atoms with E-state index in [1.165, 1.54) is 25.7 Å². The van der Waals surface area contributed by atoms with Gasteiger partial charge >= 0.3 is 0 Å². The molecule has 0 saturated heterocycles. The van der Waals surface area contributed by atoms with Crippen LogP contribution in [0.5, 0.6) is 5.88 Å². The number of aromatic nitrogens is 1. The van der Waals surface area contributed by atoms with E-state index in [-0.39, 0.29) is 0 Å². The summed E-state index contributed by atoms with van der Waals surface area (Å²) < 4.78 is 5.72. The first-order valence-electron chi connectivity index (χ1n) is 5.20. The maximum absolute atomic E-state index is 5.72. The van der Waals surface area contributed by atoms with Crippen LogP contribution in [0.2, 0.25) is 0 Å². The smallest absolute Gasteiger partial charge is 0.213 e. The highest BCUT2D eigenvalue weighted by Crippen LogP contribution is 2.22. The second kappa shape index (κ2) is 4.42. The molecule has 3 nitrogen and oxygen atoms in total. The minimum absolute atomic E-state index is 0.381. The van der Waals surface area contributed by atoms with Crippen LogP contribution in [0.1, 0.15) is 31.2 Å². The zero-order valence-electron chi connectivity index (χ0n) is 8.28. The van der Waals surface area contributed by atoms with Crippen molar-refractivity contribution in [3.8, 4) is 5.88 Å². The molecule has 1 aliphatic carbocycles. The third-order valence-corrected chi connectivity index (χ3v) is 2.62. The highest BCUT2D eigenvalue weighted by Gasteiger charge is 2.16. The first-order valence-corrected chi connectivity index (χ1v) is 5.20. The molecule has 0 spiro atoms. The van der Waals surface area contributed by atoms with Gasteiger partial charge in [-0.1, -0.05) is 6.07 Å². The minimum Gasteiger partial charge on any atom is -0.474 e. The fraction of sp³-hybridized carbons (Fsp3) is 0.545. The van der Waals surface area contributed by atoms with E-state index in [0.717, 1.165) is 11.4 Å². The van der Waals surface area contributed by atoms with Gasteiger partial charge in [0.2, 0.25) is 5.88 Å². The van der Waals surface area contributed by atoms with Crippen molar-refractivity contribution in [3.05, 3.63) is 23.9 Å². The number of rotatable bonds is 3. The van der Waals surface area contributed by atoms with Gasteiger partial charge in [0.15, 0.2) is 0 Å². The van der Waals surface area contributed by atoms with Crippen LogP contribution < -0.4 is 10.5 Å². The number of hydrogen-bond acceptors (Lipinski definition) is 3. The average Bonchev–Trinajstić information content (AvgIpc) is 2.72. The molecule has 0 aliphatic heterocycles. The van der Waals surface area contributed by atoms with Crippen molar-refractivity contribution in [2.75, 3.05) is 0 Å². The van der Waals surface area contributed by atoms with Crippen LogP contribution in [-0.2, 0) is 6.54 Å². The van der Waals surface area contributed by atoms with Gasteiger partial charge in [-0.15, -0.1) is 0 Å². The van der Waals surface area contributed by atoms with E-state index >= 15 is 0 Å². The zero-order valence-corrected chi connectivity index (χ0v) is 8.28. The zero-order chi connectivity index (χ0) is 9.80. The summed E-state index contributed by atoms with van der Waals surface area (Å²) in [6.45, 7) is 0.538. The minimum atomic E-state index is 0.381. The Bertz CT molecular complexity index is 278. The van der Waals surface area contributed by atoms with E-state index in [4.69, 9.17) is 10.5 Å². The summed E-state index contributed by atoms with van der Waals surface area (Å²) in [6, 6.07) is 3.87. The Morgan fingerprint density at radius 2 is 2.14 bits per heavy atom. The fourth-order valence-corrected chi connectivity index (χ4v) is 1.78. The molecule has 0 atom stereocenters. The summed E-state index contributed by atoms with van der Waals surface area (Å²) in [7, 11) is 0. The predicted molar refractivity (Wildman–Crippen MR) is 55.0 cm³/mol. The van der Waals surface area contributed by atoms with Gasteiger partial charge in [-0.2, -0.15) is 0 Å². The van der Waals surface area contributed by atoms with Crippen molar-refractivity contribution in [1.82, 2.24) is 4.98 Å². The largest absolute Gasteiger partial charge is 0.474 e. The van der Waals surface area contributed by atoms with E-state index in [1.54, 1.807) is 6.20 Å². The SMILES string of the molecule is NCc1ccc(OC2CCCC2)nc1. The molecule has 1 heterocycles. The summed E-state index contributed by atoms with van der Waals surface area (Å²) >= 11 is 0.